The van der Waals surface area contributed by atoms with Gasteiger partial charge in [0, 0.05) is 0 Å². The third kappa shape index (κ3) is 7.96. The Morgan fingerprint density at radius 2 is 1.33 bits per heavy atom. The summed E-state index contributed by atoms with van der Waals surface area (Å²) in [5, 5.41) is 3.31. The lowest BCUT2D eigenvalue weighted by molar-refractivity contribution is 0.629. The molecular formula is C8H17N. The predicted octanol–water partition coefficient (Wildman–Crippen LogP) is 1.80. The molecule has 0 bridgehead atoms. The van der Waals surface area contributed by atoms with Crippen LogP contribution < -0.4 is 5.32 Å². The minimum Gasteiger partial charge on any atom is -0.317 e. The Balaban J connectivity index is 2.60. The molecule has 0 aliphatic carbocycles. The number of rotatable bonds is 6. The van der Waals surface area contributed by atoms with E-state index in [1.54, 1.807) is 0 Å². The van der Waals surface area contributed by atoms with Crippen molar-refractivity contribution in [2.24, 2.45) is 0 Å². The minimum absolute atomic E-state index is 1.04. The third-order valence-corrected chi connectivity index (χ3v) is 1.21. The van der Waals surface area contributed by atoms with Gasteiger partial charge in [0.05, 0.1) is 0 Å². The average molecular weight is 127 g/mol. The van der Waals surface area contributed by atoms with Gasteiger partial charge in [-0.25, -0.2) is 0 Å². The van der Waals surface area contributed by atoms with E-state index < -0.39 is 0 Å². The second kappa shape index (κ2) is 7.96. The summed E-state index contributed by atoms with van der Waals surface area (Å²) in [5.41, 5.74) is 0. The number of hydrogen-bond acceptors (Lipinski definition) is 1. The summed E-state index contributed by atoms with van der Waals surface area (Å²) in [6.45, 7) is 9.73. The monoisotopic (exact) mass is 127 g/mol. The van der Waals surface area contributed by atoms with Crippen molar-refractivity contribution in [1.29, 1.82) is 0 Å². The molecule has 0 amide bonds. The van der Waals surface area contributed by atoms with Gasteiger partial charge in [-0.15, -0.1) is 0 Å². The molecule has 0 aromatic carbocycles. The first kappa shape index (κ1) is 8.96. The van der Waals surface area contributed by atoms with Crippen LogP contribution in [-0.4, -0.2) is 13.1 Å². The van der Waals surface area contributed by atoms with Crippen molar-refractivity contribution in [3.63, 3.8) is 0 Å². The molecule has 1 nitrogen and oxygen atoms in total. The van der Waals surface area contributed by atoms with Crippen LogP contribution in [0, 0.1) is 13.8 Å². The fourth-order valence-electron chi connectivity index (χ4n) is 0.625. The fourth-order valence-corrected chi connectivity index (χ4v) is 0.625. The SMILES string of the molecule is [CH2]CCCNCCC[CH2]. The molecule has 0 aromatic heterocycles. The van der Waals surface area contributed by atoms with E-state index in [4.69, 9.17) is 0 Å². The van der Waals surface area contributed by atoms with Gasteiger partial charge in [0.1, 0.15) is 0 Å². The Bertz CT molecular complexity index is 37.8. The molecule has 0 heterocycles. The molecule has 0 saturated carbocycles. The molecule has 0 unspecified atom stereocenters. The molecule has 0 aliphatic rings. The summed E-state index contributed by atoms with van der Waals surface area (Å²) in [4.78, 5) is 0. The fraction of sp³-hybridized carbons (Fsp3) is 0.750. The van der Waals surface area contributed by atoms with Gasteiger partial charge < -0.3 is 5.32 Å². The molecule has 54 valence electrons. The van der Waals surface area contributed by atoms with Crippen LogP contribution in [0.4, 0.5) is 0 Å². The second-order valence-corrected chi connectivity index (χ2v) is 2.16. The number of unbranched alkanes of at least 4 members (excludes halogenated alkanes) is 2. The van der Waals surface area contributed by atoms with Crippen molar-refractivity contribution < 1.29 is 0 Å². The van der Waals surface area contributed by atoms with Gasteiger partial charge in [-0.05, 0) is 25.9 Å². The lowest BCUT2D eigenvalue weighted by Gasteiger charge is -1.99. The van der Waals surface area contributed by atoms with Crippen LogP contribution in [0.15, 0.2) is 0 Å². The number of nitrogens with one attached hydrogen (secondary N) is 1. The quantitative estimate of drug-likeness (QED) is 0.536. The van der Waals surface area contributed by atoms with Gasteiger partial charge in [-0.2, -0.15) is 0 Å². The molecular weight excluding hydrogens is 110 g/mol. The maximum Gasteiger partial charge on any atom is -0.00489 e. The van der Waals surface area contributed by atoms with Crippen molar-refractivity contribution in [2.45, 2.75) is 25.7 Å². The Morgan fingerprint density at radius 1 is 0.889 bits per heavy atom. The van der Waals surface area contributed by atoms with Gasteiger partial charge in [0.15, 0.2) is 0 Å². The molecule has 0 saturated heterocycles. The van der Waals surface area contributed by atoms with E-state index in [1.807, 2.05) is 0 Å². The van der Waals surface area contributed by atoms with Gasteiger partial charge in [0.2, 0.25) is 0 Å². The van der Waals surface area contributed by atoms with Crippen LogP contribution in [0.3, 0.4) is 0 Å². The van der Waals surface area contributed by atoms with E-state index in [9.17, 15) is 0 Å². The Hall–Kier alpha value is -0.0400. The van der Waals surface area contributed by atoms with Crippen LogP contribution >= 0.6 is 0 Å². The maximum absolute atomic E-state index is 3.75. The van der Waals surface area contributed by atoms with E-state index >= 15 is 0 Å². The van der Waals surface area contributed by atoms with Crippen molar-refractivity contribution in [3.8, 4) is 0 Å². The number of hydrogen-bond donors (Lipinski definition) is 1. The van der Waals surface area contributed by atoms with E-state index in [2.05, 4.69) is 19.2 Å². The highest BCUT2D eigenvalue weighted by Gasteiger charge is 1.83. The zero-order valence-electron chi connectivity index (χ0n) is 6.16. The summed E-state index contributed by atoms with van der Waals surface area (Å²) < 4.78 is 0. The highest BCUT2D eigenvalue weighted by atomic mass is 14.8. The predicted molar refractivity (Wildman–Crippen MR) is 42.1 cm³/mol. The summed E-state index contributed by atoms with van der Waals surface area (Å²) in [5.74, 6) is 0. The summed E-state index contributed by atoms with van der Waals surface area (Å²) in [6.07, 6.45) is 4.46. The van der Waals surface area contributed by atoms with Gasteiger partial charge in [-0.3, -0.25) is 0 Å². The normalized spacial score (nSPS) is 10.0. The van der Waals surface area contributed by atoms with Crippen LogP contribution in [0.25, 0.3) is 0 Å². The van der Waals surface area contributed by atoms with Crippen molar-refractivity contribution in [2.75, 3.05) is 13.1 Å². The molecule has 9 heavy (non-hydrogen) atoms. The summed E-state index contributed by atoms with van der Waals surface area (Å²) in [6, 6.07) is 0. The van der Waals surface area contributed by atoms with Crippen molar-refractivity contribution in [1.82, 2.24) is 5.32 Å². The molecule has 0 rings (SSSR count). The van der Waals surface area contributed by atoms with E-state index in [-0.39, 0.29) is 0 Å². The van der Waals surface area contributed by atoms with E-state index in [0.29, 0.717) is 0 Å². The lowest BCUT2D eigenvalue weighted by Crippen LogP contribution is -2.15. The molecule has 0 aromatic rings. The first-order valence-electron chi connectivity index (χ1n) is 3.71. The Kier molecular flexibility index (Phi) is 7.92. The van der Waals surface area contributed by atoms with Crippen LogP contribution in [0.1, 0.15) is 25.7 Å². The van der Waals surface area contributed by atoms with Crippen LogP contribution in [0.5, 0.6) is 0 Å². The maximum atomic E-state index is 3.75. The highest BCUT2D eigenvalue weighted by Crippen LogP contribution is 1.84. The smallest absolute Gasteiger partial charge is 0.00489 e. The van der Waals surface area contributed by atoms with Crippen LogP contribution in [0.2, 0.25) is 0 Å². The zero-order chi connectivity index (χ0) is 6.95. The Morgan fingerprint density at radius 3 is 1.67 bits per heavy atom. The van der Waals surface area contributed by atoms with Gasteiger partial charge in [-0.1, -0.05) is 26.7 Å². The molecule has 0 atom stereocenters. The van der Waals surface area contributed by atoms with Crippen molar-refractivity contribution >= 4 is 0 Å². The molecule has 2 radical (unpaired) electrons. The molecule has 0 fully saturated rings. The Labute approximate surface area is 58.8 Å². The van der Waals surface area contributed by atoms with Crippen LogP contribution in [-0.2, 0) is 0 Å². The second-order valence-electron chi connectivity index (χ2n) is 2.16. The molecule has 0 aliphatic heterocycles. The van der Waals surface area contributed by atoms with E-state index in [1.165, 1.54) is 12.8 Å². The summed E-state index contributed by atoms with van der Waals surface area (Å²) in [7, 11) is 0. The highest BCUT2D eigenvalue weighted by molar-refractivity contribution is 4.50. The van der Waals surface area contributed by atoms with E-state index in [0.717, 1.165) is 25.9 Å². The minimum atomic E-state index is 1.04. The molecule has 1 heteroatoms. The lowest BCUT2D eigenvalue weighted by atomic mass is 10.3. The largest absolute Gasteiger partial charge is 0.317 e. The third-order valence-electron chi connectivity index (χ3n) is 1.21. The van der Waals surface area contributed by atoms with Crippen molar-refractivity contribution in [3.05, 3.63) is 13.8 Å². The first-order valence-corrected chi connectivity index (χ1v) is 3.71. The standard InChI is InChI=1S/C8H17N/c1-3-5-7-9-8-6-4-2/h9H,1-8H2. The molecule has 0 spiro atoms. The zero-order valence-corrected chi connectivity index (χ0v) is 6.16. The average Bonchev–Trinajstić information content (AvgIpc) is 1.89. The van der Waals surface area contributed by atoms with Gasteiger partial charge >= 0.3 is 0 Å². The molecule has 1 N–H and O–H groups in total. The summed E-state index contributed by atoms with van der Waals surface area (Å²) >= 11 is 0. The topological polar surface area (TPSA) is 12.0 Å². The first-order chi connectivity index (χ1) is 4.41. The van der Waals surface area contributed by atoms with Gasteiger partial charge in [0.25, 0.3) is 0 Å².